The van der Waals surface area contributed by atoms with E-state index in [1.165, 1.54) is 0 Å². The summed E-state index contributed by atoms with van der Waals surface area (Å²) in [5.74, 6) is -0.0324. The van der Waals surface area contributed by atoms with E-state index in [1.54, 1.807) is 6.07 Å². The van der Waals surface area contributed by atoms with Crippen LogP contribution in [0.5, 0.6) is 0 Å². The van der Waals surface area contributed by atoms with E-state index in [2.05, 4.69) is 15.5 Å². The Morgan fingerprint density at radius 2 is 1.90 bits per heavy atom. The van der Waals surface area contributed by atoms with Crippen molar-refractivity contribution < 1.29 is 4.79 Å². The number of aromatic nitrogens is 2. The Balaban J connectivity index is 2.22. The fourth-order valence-electron chi connectivity index (χ4n) is 2.02. The molecule has 1 aromatic carbocycles. The molecule has 0 bridgehead atoms. The summed E-state index contributed by atoms with van der Waals surface area (Å²) < 4.78 is 0. The van der Waals surface area contributed by atoms with Gasteiger partial charge in [-0.2, -0.15) is 5.10 Å². The number of nitrogens with zero attached hydrogens (tertiary/aromatic N) is 2. The van der Waals surface area contributed by atoms with Gasteiger partial charge in [0, 0.05) is 0 Å². The van der Waals surface area contributed by atoms with Crippen molar-refractivity contribution in [2.75, 3.05) is 5.32 Å². The van der Waals surface area contributed by atoms with Crippen LogP contribution in [-0.2, 0) is 0 Å². The lowest BCUT2D eigenvalue weighted by Crippen LogP contribution is -2.16. The first-order chi connectivity index (χ1) is 9.88. The van der Waals surface area contributed by atoms with Gasteiger partial charge in [0.05, 0.1) is 16.4 Å². The first kappa shape index (κ1) is 15.4. The Morgan fingerprint density at radius 1 is 1.19 bits per heavy atom. The average molecular weight is 304 g/mol. The molecule has 0 unspecified atom stereocenters. The number of hydrogen-bond acceptors (Lipinski definition) is 3. The van der Waals surface area contributed by atoms with Crippen molar-refractivity contribution in [3.05, 3.63) is 51.8 Å². The van der Waals surface area contributed by atoms with Crippen LogP contribution in [0.25, 0.3) is 0 Å². The number of benzene rings is 1. The highest BCUT2D eigenvalue weighted by Gasteiger charge is 2.13. The minimum atomic E-state index is -0.313. The summed E-state index contributed by atoms with van der Waals surface area (Å²) >= 11 is 6.18. The standard InChI is InChI=1S/C16H18ClN3O/c1-9(2)13-5-6-14(20-19-13)16(21)18-15-11(4)7-10(3)8-12(15)17/h5-9H,1-4H3,(H,18,21). The number of carbonyl (C=O) groups is 1. The molecule has 21 heavy (non-hydrogen) atoms. The third kappa shape index (κ3) is 3.58. The molecule has 0 saturated heterocycles. The van der Waals surface area contributed by atoms with Gasteiger partial charge in [-0.05, 0) is 49.1 Å². The third-order valence-electron chi connectivity index (χ3n) is 3.18. The monoisotopic (exact) mass is 303 g/mol. The van der Waals surface area contributed by atoms with Crippen LogP contribution in [0.1, 0.15) is 47.1 Å². The maximum Gasteiger partial charge on any atom is 0.276 e. The van der Waals surface area contributed by atoms with E-state index in [1.807, 2.05) is 45.9 Å². The van der Waals surface area contributed by atoms with Gasteiger partial charge in [0.1, 0.15) is 0 Å². The fraction of sp³-hybridized carbons (Fsp3) is 0.312. The van der Waals surface area contributed by atoms with Crippen LogP contribution >= 0.6 is 11.6 Å². The molecule has 2 rings (SSSR count). The Bertz CT molecular complexity index is 643. The largest absolute Gasteiger partial charge is 0.319 e. The third-order valence-corrected chi connectivity index (χ3v) is 3.48. The van der Waals surface area contributed by atoms with Crippen LogP contribution in [0.15, 0.2) is 24.3 Å². The Hall–Kier alpha value is -1.94. The van der Waals surface area contributed by atoms with Gasteiger partial charge in [-0.25, -0.2) is 0 Å². The fourth-order valence-corrected chi connectivity index (χ4v) is 2.39. The molecule has 1 heterocycles. The van der Waals surface area contributed by atoms with E-state index < -0.39 is 0 Å². The molecule has 0 radical (unpaired) electrons. The second-order valence-electron chi connectivity index (χ2n) is 5.39. The molecule has 0 aliphatic heterocycles. The van der Waals surface area contributed by atoms with Crippen molar-refractivity contribution >= 4 is 23.2 Å². The predicted octanol–water partition coefficient (Wildman–Crippen LogP) is 4.12. The van der Waals surface area contributed by atoms with Crippen molar-refractivity contribution in [2.24, 2.45) is 0 Å². The molecule has 1 N–H and O–H groups in total. The molecule has 0 saturated carbocycles. The van der Waals surface area contributed by atoms with Crippen molar-refractivity contribution in [2.45, 2.75) is 33.6 Å². The number of nitrogens with one attached hydrogen (secondary N) is 1. The Kier molecular flexibility index (Phi) is 4.58. The number of aryl methyl sites for hydroxylation is 2. The first-order valence-electron chi connectivity index (χ1n) is 6.80. The van der Waals surface area contributed by atoms with Gasteiger partial charge in [0.2, 0.25) is 0 Å². The summed E-state index contributed by atoms with van der Waals surface area (Å²) in [4.78, 5) is 12.2. The molecule has 0 aliphatic carbocycles. The number of amides is 1. The molecule has 4 nitrogen and oxygen atoms in total. The number of halogens is 1. The maximum absolute atomic E-state index is 12.2. The van der Waals surface area contributed by atoms with Gasteiger partial charge in [-0.15, -0.1) is 5.10 Å². The second kappa shape index (κ2) is 6.22. The number of carbonyl (C=O) groups excluding carboxylic acids is 1. The first-order valence-corrected chi connectivity index (χ1v) is 7.18. The summed E-state index contributed by atoms with van der Waals surface area (Å²) in [5.41, 5.74) is 3.71. The number of rotatable bonds is 3. The van der Waals surface area contributed by atoms with Crippen molar-refractivity contribution in [1.29, 1.82) is 0 Å². The van der Waals surface area contributed by atoms with Crippen LogP contribution < -0.4 is 5.32 Å². The summed E-state index contributed by atoms with van der Waals surface area (Å²) in [6, 6.07) is 7.28. The quantitative estimate of drug-likeness (QED) is 0.928. The van der Waals surface area contributed by atoms with E-state index in [-0.39, 0.29) is 17.5 Å². The zero-order valence-electron chi connectivity index (χ0n) is 12.6. The molecule has 110 valence electrons. The normalized spacial score (nSPS) is 10.8. The zero-order chi connectivity index (χ0) is 15.6. The highest BCUT2D eigenvalue weighted by Crippen LogP contribution is 2.27. The molecule has 5 heteroatoms. The minimum absolute atomic E-state index is 0.274. The number of anilines is 1. The second-order valence-corrected chi connectivity index (χ2v) is 5.80. The average Bonchev–Trinajstić information content (AvgIpc) is 2.42. The summed E-state index contributed by atoms with van der Waals surface area (Å²) in [5, 5.41) is 11.3. The highest BCUT2D eigenvalue weighted by atomic mass is 35.5. The smallest absolute Gasteiger partial charge is 0.276 e. The Morgan fingerprint density at radius 3 is 2.43 bits per heavy atom. The molecular formula is C16H18ClN3O. The van der Waals surface area contributed by atoms with Gasteiger partial charge in [0.25, 0.3) is 5.91 Å². The lowest BCUT2D eigenvalue weighted by Gasteiger charge is -2.11. The van der Waals surface area contributed by atoms with Gasteiger partial charge in [0.15, 0.2) is 5.69 Å². The maximum atomic E-state index is 12.2. The topological polar surface area (TPSA) is 54.9 Å². The molecular weight excluding hydrogens is 286 g/mol. The van der Waals surface area contributed by atoms with Crippen LogP contribution in [0.2, 0.25) is 5.02 Å². The lowest BCUT2D eigenvalue weighted by atomic mass is 10.1. The van der Waals surface area contributed by atoms with E-state index in [9.17, 15) is 4.79 Å². The summed E-state index contributed by atoms with van der Waals surface area (Å²) in [6.45, 7) is 7.92. The van der Waals surface area contributed by atoms with Crippen molar-refractivity contribution in [3.63, 3.8) is 0 Å². The van der Waals surface area contributed by atoms with Crippen LogP contribution in [0.4, 0.5) is 5.69 Å². The lowest BCUT2D eigenvalue weighted by molar-refractivity contribution is 0.102. The molecule has 0 fully saturated rings. The van der Waals surface area contributed by atoms with Crippen molar-refractivity contribution in [1.82, 2.24) is 10.2 Å². The molecule has 1 aromatic heterocycles. The molecule has 1 amide bonds. The minimum Gasteiger partial charge on any atom is -0.319 e. The van der Waals surface area contributed by atoms with Crippen molar-refractivity contribution in [3.8, 4) is 0 Å². The molecule has 0 atom stereocenters. The number of hydrogen-bond donors (Lipinski definition) is 1. The van der Waals surface area contributed by atoms with E-state index in [4.69, 9.17) is 11.6 Å². The van der Waals surface area contributed by atoms with Gasteiger partial charge < -0.3 is 5.32 Å². The van der Waals surface area contributed by atoms with Crippen LogP contribution in [-0.4, -0.2) is 16.1 Å². The highest BCUT2D eigenvalue weighted by molar-refractivity contribution is 6.34. The van der Waals surface area contributed by atoms with Crippen LogP contribution in [0, 0.1) is 13.8 Å². The Labute approximate surface area is 129 Å². The summed E-state index contributed by atoms with van der Waals surface area (Å²) in [7, 11) is 0. The van der Waals surface area contributed by atoms with Gasteiger partial charge in [-0.1, -0.05) is 31.5 Å². The molecule has 0 aliphatic rings. The SMILES string of the molecule is Cc1cc(C)c(NC(=O)c2ccc(C(C)C)nn2)c(Cl)c1. The van der Waals surface area contributed by atoms with E-state index in [0.29, 0.717) is 10.7 Å². The van der Waals surface area contributed by atoms with Gasteiger partial charge in [-0.3, -0.25) is 4.79 Å². The summed E-state index contributed by atoms with van der Waals surface area (Å²) in [6.07, 6.45) is 0. The van der Waals surface area contributed by atoms with E-state index >= 15 is 0 Å². The van der Waals surface area contributed by atoms with Crippen LogP contribution in [0.3, 0.4) is 0 Å². The van der Waals surface area contributed by atoms with Gasteiger partial charge >= 0.3 is 0 Å². The molecule has 0 spiro atoms. The molecule has 2 aromatic rings. The predicted molar refractivity (Wildman–Crippen MR) is 85.0 cm³/mol. The zero-order valence-corrected chi connectivity index (χ0v) is 13.3. The van der Waals surface area contributed by atoms with E-state index in [0.717, 1.165) is 16.8 Å².